The third-order valence-electron chi connectivity index (χ3n) is 4.34. The van der Waals surface area contributed by atoms with Gasteiger partial charge in [-0.05, 0) is 36.6 Å². The summed E-state index contributed by atoms with van der Waals surface area (Å²) < 4.78 is 30.5. The summed E-state index contributed by atoms with van der Waals surface area (Å²) in [6, 6.07) is 10.2. The molecule has 26 heavy (non-hydrogen) atoms. The molecule has 1 aliphatic rings. The molecule has 0 spiro atoms. The molecule has 1 atom stereocenters. The van der Waals surface area contributed by atoms with Crippen molar-refractivity contribution in [2.24, 2.45) is 0 Å². The zero-order valence-electron chi connectivity index (χ0n) is 14.8. The van der Waals surface area contributed by atoms with E-state index >= 15 is 0 Å². The van der Waals surface area contributed by atoms with Crippen LogP contribution in [-0.4, -0.2) is 26.4 Å². The van der Waals surface area contributed by atoms with E-state index in [0.29, 0.717) is 28.6 Å². The number of rotatable bonds is 8. The Bertz CT molecular complexity index is 735. The minimum absolute atomic E-state index is 0.0827. The Labute approximate surface area is 158 Å². The van der Waals surface area contributed by atoms with Crippen molar-refractivity contribution < 1.29 is 18.6 Å². The number of methoxy groups -OCH3 is 1. The molecule has 140 valence electrons. The van der Waals surface area contributed by atoms with E-state index in [2.05, 4.69) is 5.32 Å². The predicted molar refractivity (Wildman–Crippen MR) is 99.4 cm³/mol. The van der Waals surface area contributed by atoms with E-state index in [0.717, 1.165) is 31.6 Å². The van der Waals surface area contributed by atoms with Crippen LogP contribution in [-0.2, 0) is 17.9 Å². The van der Waals surface area contributed by atoms with E-state index in [4.69, 9.17) is 25.8 Å². The quantitative estimate of drug-likeness (QED) is 0.740. The number of hydrogen-bond acceptors (Lipinski definition) is 4. The number of ether oxygens (including phenoxy) is 3. The van der Waals surface area contributed by atoms with Crippen molar-refractivity contribution in [1.82, 2.24) is 5.32 Å². The molecular weight excluding hydrogens is 357 g/mol. The summed E-state index contributed by atoms with van der Waals surface area (Å²) in [6.45, 7) is 2.40. The Morgan fingerprint density at radius 3 is 2.88 bits per heavy atom. The van der Waals surface area contributed by atoms with E-state index in [-0.39, 0.29) is 18.5 Å². The van der Waals surface area contributed by atoms with Gasteiger partial charge in [0.05, 0.1) is 18.2 Å². The smallest absolute Gasteiger partial charge is 0.180 e. The van der Waals surface area contributed by atoms with E-state index in [1.807, 2.05) is 12.1 Å². The molecule has 1 heterocycles. The van der Waals surface area contributed by atoms with Gasteiger partial charge in [0, 0.05) is 25.3 Å². The van der Waals surface area contributed by atoms with Crippen LogP contribution in [0.5, 0.6) is 11.5 Å². The molecule has 2 aromatic rings. The first-order chi connectivity index (χ1) is 12.7. The van der Waals surface area contributed by atoms with Crippen molar-refractivity contribution in [2.45, 2.75) is 32.1 Å². The van der Waals surface area contributed by atoms with Gasteiger partial charge in [-0.15, -0.1) is 0 Å². The molecule has 1 saturated heterocycles. The highest BCUT2D eigenvalue weighted by atomic mass is 35.5. The molecule has 0 aromatic heterocycles. The lowest BCUT2D eigenvalue weighted by atomic mass is 10.2. The van der Waals surface area contributed by atoms with E-state index in [1.54, 1.807) is 25.3 Å². The summed E-state index contributed by atoms with van der Waals surface area (Å²) >= 11 is 6.37. The fourth-order valence-corrected chi connectivity index (χ4v) is 3.25. The van der Waals surface area contributed by atoms with Crippen molar-refractivity contribution in [1.29, 1.82) is 0 Å². The number of nitrogens with one attached hydrogen (secondary N) is 1. The standard InChI is InChI=1S/C20H23ClFNO3/c1-24-19-10-14(11-23-12-16-6-4-8-25-16)9-17(21)20(19)26-13-15-5-2-3-7-18(15)22/h2-3,5,7,9-10,16,23H,4,6,8,11-13H2,1H3/t16-/m1/s1. The molecule has 0 bridgehead atoms. The largest absolute Gasteiger partial charge is 0.493 e. The second-order valence-corrected chi connectivity index (χ2v) is 6.66. The lowest BCUT2D eigenvalue weighted by Gasteiger charge is -2.15. The first-order valence-corrected chi connectivity index (χ1v) is 9.10. The second-order valence-electron chi connectivity index (χ2n) is 6.26. The molecule has 0 saturated carbocycles. The van der Waals surface area contributed by atoms with Gasteiger partial charge in [-0.3, -0.25) is 0 Å². The van der Waals surface area contributed by atoms with Crippen LogP contribution in [0.4, 0.5) is 4.39 Å². The normalized spacial score (nSPS) is 16.7. The van der Waals surface area contributed by atoms with Crippen LogP contribution in [0.2, 0.25) is 5.02 Å². The average molecular weight is 380 g/mol. The van der Waals surface area contributed by atoms with Crippen LogP contribution in [0.3, 0.4) is 0 Å². The molecule has 1 aliphatic heterocycles. The third-order valence-corrected chi connectivity index (χ3v) is 4.62. The zero-order chi connectivity index (χ0) is 18.4. The fraction of sp³-hybridized carbons (Fsp3) is 0.400. The molecule has 1 fully saturated rings. The van der Waals surface area contributed by atoms with E-state index in [1.165, 1.54) is 6.07 Å². The second kappa shape index (κ2) is 9.21. The highest BCUT2D eigenvalue weighted by Gasteiger charge is 2.16. The van der Waals surface area contributed by atoms with Crippen molar-refractivity contribution in [2.75, 3.05) is 20.3 Å². The lowest BCUT2D eigenvalue weighted by molar-refractivity contribution is 0.110. The van der Waals surface area contributed by atoms with Crippen LogP contribution in [0.15, 0.2) is 36.4 Å². The van der Waals surface area contributed by atoms with Crippen molar-refractivity contribution >= 4 is 11.6 Å². The Morgan fingerprint density at radius 1 is 1.31 bits per heavy atom. The molecule has 1 N–H and O–H groups in total. The first kappa shape index (κ1) is 19.0. The van der Waals surface area contributed by atoms with Gasteiger partial charge in [0.2, 0.25) is 0 Å². The number of hydrogen-bond donors (Lipinski definition) is 1. The average Bonchev–Trinajstić information content (AvgIpc) is 3.15. The van der Waals surface area contributed by atoms with Crippen LogP contribution < -0.4 is 14.8 Å². The highest BCUT2D eigenvalue weighted by Crippen LogP contribution is 2.37. The monoisotopic (exact) mass is 379 g/mol. The molecule has 0 amide bonds. The minimum atomic E-state index is -0.308. The zero-order valence-corrected chi connectivity index (χ0v) is 15.5. The van der Waals surface area contributed by atoms with E-state index in [9.17, 15) is 4.39 Å². The van der Waals surface area contributed by atoms with Crippen LogP contribution in [0, 0.1) is 5.82 Å². The van der Waals surface area contributed by atoms with Gasteiger partial charge in [-0.1, -0.05) is 29.8 Å². The maximum Gasteiger partial charge on any atom is 0.180 e. The summed E-state index contributed by atoms with van der Waals surface area (Å²) in [4.78, 5) is 0. The predicted octanol–water partition coefficient (Wildman–Crippen LogP) is 4.34. The highest BCUT2D eigenvalue weighted by molar-refractivity contribution is 6.32. The third kappa shape index (κ3) is 4.87. The van der Waals surface area contributed by atoms with Crippen molar-refractivity contribution in [3.63, 3.8) is 0 Å². The SMILES string of the molecule is COc1cc(CNC[C@H]2CCCO2)cc(Cl)c1OCc1ccccc1F. The fourth-order valence-electron chi connectivity index (χ4n) is 2.96. The topological polar surface area (TPSA) is 39.7 Å². The maximum absolute atomic E-state index is 13.7. The molecule has 4 nitrogen and oxygen atoms in total. The van der Waals surface area contributed by atoms with Crippen LogP contribution in [0.1, 0.15) is 24.0 Å². The molecule has 3 rings (SSSR count). The summed E-state index contributed by atoms with van der Waals surface area (Å²) in [6.07, 6.45) is 2.51. The van der Waals surface area contributed by atoms with Gasteiger partial charge in [-0.2, -0.15) is 0 Å². The van der Waals surface area contributed by atoms with E-state index < -0.39 is 0 Å². The molecule has 2 aromatic carbocycles. The summed E-state index contributed by atoms with van der Waals surface area (Å²) in [5, 5.41) is 3.82. The van der Waals surface area contributed by atoms with Crippen LogP contribution >= 0.6 is 11.6 Å². The molecule has 6 heteroatoms. The lowest BCUT2D eigenvalue weighted by Crippen LogP contribution is -2.25. The molecule has 0 radical (unpaired) electrons. The maximum atomic E-state index is 13.7. The van der Waals surface area contributed by atoms with Gasteiger partial charge in [0.1, 0.15) is 12.4 Å². The Balaban J connectivity index is 1.63. The summed E-state index contributed by atoms with van der Waals surface area (Å²) in [5.41, 5.74) is 1.45. The Kier molecular flexibility index (Phi) is 6.72. The molecule has 0 aliphatic carbocycles. The minimum Gasteiger partial charge on any atom is -0.493 e. The van der Waals surface area contributed by atoms with Crippen molar-refractivity contribution in [3.8, 4) is 11.5 Å². The van der Waals surface area contributed by atoms with Gasteiger partial charge in [0.25, 0.3) is 0 Å². The van der Waals surface area contributed by atoms with Gasteiger partial charge in [-0.25, -0.2) is 4.39 Å². The Hall–Kier alpha value is -1.82. The van der Waals surface area contributed by atoms with Crippen molar-refractivity contribution in [3.05, 3.63) is 58.4 Å². The first-order valence-electron chi connectivity index (χ1n) is 8.72. The van der Waals surface area contributed by atoms with Gasteiger partial charge in [0.15, 0.2) is 11.5 Å². The number of halogens is 2. The summed E-state index contributed by atoms with van der Waals surface area (Å²) in [5.74, 6) is 0.639. The van der Waals surface area contributed by atoms with Gasteiger partial charge >= 0.3 is 0 Å². The molecular formula is C20H23ClFNO3. The summed E-state index contributed by atoms with van der Waals surface area (Å²) in [7, 11) is 1.56. The van der Waals surface area contributed by atoms with Crippen LogP contribution in [0.25, 0.3) is 0 Å². The molecule has 0 unspecified atom stereocenters. The Morgan fingerprint density at radius 2 is 2.15 bits per heavy atom. The number of benzene rings is 2. The van der Waals surface area contributed by atoms with Gasteiger partial charge < -0.3 is 19.5 Å².